The highest BCUT2D eigenvalue weighted by Gasteiger charge is 2.19. The summed E-state index contributed by atoms with van der Waals surface area (Å²) in [5.41, 5.74) is 1.51. The molecule has 0 aliphatic rings. The highest BCUT2D eigenvalue weighted by atomic mass is 32.1. The number of benzene rings is 1. The summed E-state index contributed by atoms with van der Waals surface area (Å²) < 4.78 is 0. The van der Waals surface area contributed by atoms with Crippen molar-refractivity contribution in [3.8, 4) is 10.4 Å². The number of nitro benzene ring substituents is 1. The Morgan fingerprint density at radius 1 is 1.35 bits per heavy atom. The van der Waals surface area contributed by atoms with Crippen molar-refractivity contribution in [3.63, 3.8) is 0 Å². The van der Waals surface area contributed by atoms with Gasteiger partial charge in [0.2, 0.25) is 0 Å². The number of rotatable bonds is 5. The Hall–Kier alpha value is -1.72. The summed E-state index contributed by atoms with van der Waals surface area (Å²) in [4.78, 5) is 13.1. The van der Waals surface area contributed by atoms with Crippen molar-refractivity contribution in [3.05, 3.63) is 50.9 Å². The summed E-state index contributed by atoms with van der Waals surface area (Å²) in [7, 11) is 0. The number of aryl methyl sites for hydroxylation is 1. The van der Waals surface area contributed by atoms with Crippen LogP contribution in [-0.4, -0.2) is 16.6 Å². The molecule has 0 fully saturated rings. The topological polar surface area (TPSA) is 63.4 Å². The first-order valence-electron chi connectivity index (χ1n) is 6.55. The molecule has 1 aromatic carbocycles. The van der Waals surface area contributed by atoms with Crippen molar-refractivity contribution in [2.75, 3.05) is 6.61 Å². The van der Waals surface area contributed by atoms with Gasteiger partial charge in [-0.05, 0) is 24.1 Å². The van der Waals surface area contributed by atoms with Gasteiger partial charge in [0.1, 0.15) is 0 Å². The van der Waals surface area contributed by atoms with Crippen molar-refractivity contribution in [2.24, 2.45) is 0 Å². The van der Waals surface area contributed by atoms with Crippen molar-refractivity contribution in [1.29, 1.82) is 0 Å². The molecule has 2 rings (SSSR count). The van der Waals surface area contributed by atoms with Crippen molar-refractivity contribution >= 4 is 17.0 Å². The van der Waals surface area contributed by atoms with Gasteiger partial charge in [-0.1, -0.05) is 26.0 Å². The Kier molecular flexibility index (Phi) is 4.52. The van der Waals surface area contributed by atoms with E-state index < -0.39 is 0 Å². The van der Waals surface area contributed by atoms with Crippen LogP contribution in [0.25, 0.3) is 10.4 Å². The third-order valence-corrected chi connectivity index (χ3v) is 4.61. The van der Waals surface area contributed by atoms with Crippen LogP contribution in [0.1, 0.15) is 30.2 Å². The minimum Gasteiger partial charge on any atom is -0.396 e. The van der Waals surface area contributed by atoms with Crippen LogP contribution < -0.4 is 0 Å². The number of hydrogen-bond acceptors (Lipinski definition) is 4. The third-order valence-electron chi connectivity index (χ3n) is 3.33. The zero-order valence-corrected chi connectivity index (χ0v) is 12.3. The molecule has 0 saturated carbocycles. The lowest BCUT2D eigenvalue weighted by atomic mass is 9.98. The van der Waals surface area contributed by atoms with Gasteiger partial charge in [-0.15, -0.1) is 11.3 Å². The Morgan fingerprint density at radius 2 is 2.10 bits per heavy atom. The maximum atomic E-state index is 11.2. The maximum absolute atomic E-state index is 11.2. The average Bonchev–Trinajstić information content (AvgIpc) is 2.94. The molecule has 0 radical (unpaired) electrons. The summed E-state index contributed by atoms with van der Waals surface area (Å²) in [6.07, 6.45) is 0.965. The predicted octanol–water partition coefficient (Wildman–Crippen LogP) is 3.98. The highest BCUT2D eigenvalue weighted by Crippen LogP contribution is 2.34. The third kappa shape index (κ3) is 2.89. The second-order valence-corrected chi connectivity index (χ2v) is 5.90. The Morgan fingerprint density at radius 3 is 2.65 bits per heavy atom. The molecule has 1 unspecified atom stereocenters. The van der Waals surface area contributed by atoms with E-state index in [0.717, 1.165) is 16.9 Å². The number of aliphatic hydroxyl groups excluding tert-OH is 1. The van der Waals surface area contributed by atoms with E-state index in [1.807, 2.05) is 12.1 Å². The van der Waals surface area contributed by atoms with Crippen LogP contribution in [0.3, 0.4) is 0 Å². The van der Waals surface area contributed by atoms with E-state index in [2.05, 4.69) is 13.0 Å². The molecule has 1 atom stereocenters. The molecule has 5 heteroatoms. The molecule has 1 aromatic heterocycles. The first-order chi connectivity index (χ1) is 9.56. The van der Waals surface area contributed by atoms with Gasteiger partial charge in [0.15, 0.2) is 0 Å². The first kappa shape index (κ1) is 14.7. The van der Waals surface area contributed by atoms with Gasteiger partial charge in [0.05, 0.1) is 4.92 Å². The zero-order valence-electron chi connectivity index (χ0n) is 11.5. The molecule has 4 nitrogen and oxygen atoms in total. The molecular weight excluding hydrogens is 274 g/mol. The molecule has 20 heavy (non-hydrogen) atoms. The second kappa shape index (κ2) is 6.15. The van der Waals surface area contributed by atoms with Gasteiger partial charge in [-0.3, -0.25) is 10.1 Å². The van der Waals surface area contributed by atoms with E-state index in [1.165, 1.54) is 4.88 Å². The van der Waals surface area contributed by atoms with Crippen LogP contribution in [0.2, 0.25) is 0 Å². The number of thiophene rings is 1. The second-order valence-electron chi connectivity index (χ2n) is 4.73. The summed E-state index contributed by atoms with van der Waals surface area (Å²) in [6, 6.07) is 9.29. The monoisotopic (exact) mass is 291 g/mol. The summed E-state index contributed by atoms with van der Waals surface area (Å²) in [5, 5.41) is 20.4. The minimum atomic E-state index is -0.376. The van der Waals surface area contributed by atoms with E-state index in [9.17, 15) is 15.2 Å². The number of aliphatic hydroxyl groups is 1. The zero-order chi connectivity index (χ0) is 14.7. The van der Waals surface area contributed by atoms with Gasteiger partial charge < -0.3 is 5.11 Å². The summed E-state index contributed by atoms with van der Waals surface area (Å²) in [6.45, 7) is 3.77. The summed E-state index contributed by atoms with van der Waals surface area (Å²) >= 11 is 1.65. The number of nitrogens with zero attached hydrogens (tertiary/aromatic N) is 1. The van der Waals surface area contributed by atoms with Crippen molar-refractivity contribution < 1.29 is 10.0 Å². The molecule has 2 aromatic rings. The van der Waals surface area contributed by atoms with Gasteiger partial charge in [-0.25, -0.2) is 0 Å². The molecule has 0 saturated heterocycles. The normalized spacial score (nSPS) is 12.3. The van der Waals surface area contributed by atoms with E-state index >= 15 is 0 Å². The fourth-order valence-electron chi connectivity index (χ4n) is 2.09. The van der Waals surface area contributed by atoms with Crippen molar-refractivity contribution in [1.82, 2.24) is 0 Å². The quantitative estimate of drug-likeness (QED) is 0.669. The van der Waals surface area contributed by atoms with Crippen LogP contribution in [-0.2, 0) is 6.42 Å². The lowest BCUT2D eigenvalue weighted by Gasteiger charge is -2.10. The standard InChI is InChI=1S/C15H17NO3S/c1-3-12-5-7-15(20-12)11-4-6-13(10(2)9-17)14(8-11)16(18)19/h4-8,10,17H,3,9H2,1-2H3. The molecule has 0 aliphatic carbocycles. The van der Waals surface area contributed by atoms with Crippen LogP contribution in [0.5, 0.6) is 0 Å². The van der Waals surface area contributed by atoms with Gasteiger partial charge in [0, 0.05) is 33.9 Å². The average molecular weight is 291 g/mol. The van der Waals surface area contributed by atoms with Crippen LogP contribution in [0.4, 0.5) is 5.69 Å². The Balaban J connectivity index is 2.47. The Labute approximate surface area is 121 Å². The molecule has 0 aliphatic heterocycles. The van der Waals surface area contributed by atoms with Gasteiger partial charge in [-0.2, -0.15) is 0 Å². The van der Waals surface area contributed by atoms with E-state index in [4.69, 9.17) is 0 Å². The van der Waals surface area contributed by atoms with Crippen LogP contribution in [0.15, 0.2) is 30.3 Å². The SMILES string of the molecule is CCc1ccc(-c2ccc(C(C)CO)c([N+](=O)[O-])c2)s1. The van der Waals surface area contributed by atoms with E-state index in [1.54, 1.807) is 30.4 Å². The molecule has 106 valence electrons. The maximum Gasteiger partial charge on any atom is 0.273 e. The molecule has 0 amide bonds. The van der Waals surface area contributed by atoms with Crippen molar-refractivity contribution in [2.45, 2.75) is 26.2 Å². The van der Waals surface area contributed by atoms with Crippen LogP contribution >= 0.6 is 11.3 Å². The number of nitro groups is 1. The smallest absolute Gasteiger partial charge is 0.273 e. The highest BCUT2D eigenvalue weighted by molar-refractivity contribution is 7.15. The van der Waals surface area contributed by atoms with Gasteiger partial charge >= 0.3 is 0 Å². The lowest BCUT2D eigenvalue weighted by molar-refractivity contribution is -0.385. The predicted molar refractivity (Wildman–Crippen MR) is 81.3 cm³/mol. The molecule has 0 bridgehead atoms. The molecule has 1 heterocycles. The van der Waals surface area contributed by atoms with E-state index in [0.29, 0.717) is 5.56 Å². The lowest BCUT2D eigenvalue weighted by Crippen LogP contribution is -2.03. The largest absolute Gasteiger partial charge is 0.396 e. The molecular formula is C15H17NO3S. The number of hydrogen-bond donors (Lipinski definition) is 1. The first-order valence-corrected chi connectivity index (χ1v) is 7.36. The van der Waals surface area contributed by atoms with Crippen LogP contribution in [0, 0.1) is 10.1 Å². The van der Waals surface area contributed by atoms with E-state index in [-0.39, 0.29) is 23.1 Å². The summed E-state index contributed by atoms with van der Waals surface area (Å²) in [5.74, 6) is -0.237. The minimum absolute atomic E-state index is 0.0792. The Bertz CT molecular complexity index is 621. The molecule has 1 N–H and O–H groups in total. The fraction of sp³-hybridized carbons (Fsp3) is 0.333. The fourth-order valence-corrected chi connectivity index (χ4v) is 3.04. The van der Waals surface area contributed by atoms with Gasteiger partial charge in [0.25, 0.3) is 5.69 Å². The molecule has 0 spiro atoms.